The summed E-state index contributed by atoms with van der Waals surface area (Å²) in [7, 11) is 0. The third-order valence-corrected chi connectivity index (χ3v) is 3.33. The number of rotatable bonds is 3. The Labute approximate surface area is 114 Å². The number of allylic oxidation sites excluding steroid dienone is 2. The number of nitrogen functional groups attached to an aromatic ring is 2. The fourth-order valence-corrected chi connectivity index (χ4v) is 2.11. The molecule has 2 aromatic rings. The highest BCUT2D eigenvalue weighted by Gasteiger charge is 2.03. The summed E-state index contributed by atoms with van der Waals surface area (Å²) in [6.45, 7) is 4.31. The molecular formula is C17H20N2. The molecular weight excluding hydrogens is 232 g/mol. The van der Waals surface area contributed by atoms with E-state index in [-0.39, 0.29) is 0 Å². The van der Waals surface area contributed by atoms with Crippen LogP contribution >= 0.6 is 0 Å². The van der Waals surface area contributed by atoms with E-state index in [0.717, 1.165) is 11.4 Å². The molecule has 0 amide bonds. The number of nitrogens with two attached hydrogens (primary N) is 2. The van der Waals surface area contributed by atoms with Crippen LogP contribution in [-0.2, 0) is 0 Å². The molecule has 0 aliphatic carbocycles. The molecule has 0 aromatic heterocycles. The van der Waals surface area contributed by atoms with Crippen LogP contribution in [0.25, 0.3) is 5.57 Å². The van der Waals surface area contributed by atoms with Crippen LogP contribution in [0.1, 0.15) is 30.9 Å². The fraction of sp³-hybridized carbons (Fsp3) is 0.176. The highest BCUT2D eigenvalue weighted by atomic mass is 14.5. The second kappa shape index (κ2) is 5.61. The normalized spacial score (nSPS) is 13.3. The molecule has 0 spiro atoms. The maximum absolute atomic E-state index is 5.71. The summed E-state index contributed by atoms with van der Waals surface area (Å²) in [4.78, 5) is 0. The summed E-state index contributed by atoms with van der Waals surface area (Å²) in [5, 5.41) is 0. The Hall–Kier alpha value is -2.22. The van der Waals surface area contributed by atoms with Gasteiger partial charge in [-0.3, -0.25) is 0 Å². The quantitative estimate of drug-likeness (QED) is 0.809. The van der Waals surface area contributed by atoms with E-state index in [1.807, 2.05) is 24.3 Å². The molecule has 2 nitrogen and oxygen atoms in total. The first-order valence-corrected chi connectivity index (χ1v) is 6.46. The van der Waals surface area contributed by atoms with Crippen LogP contribution in [0.4, 0.5) is 11.4 Å². The number of anilines is 2. The minimum Gasteiger partial charge on any atom is -0.399 e. The van der Waals surface area contributed by atoms with Crippen LogP contribution in [-0.4, -0.2) is 0 Å². The SMILES string of the molecule is CC(=CC(C)c1ccc(N)cc1)c1ccc(N)cc1. The predicted octanol–water partition coefficient (Wildman–Crippen LogP) is 4.06. The molecule has 0 bridgehead atoms. The van der Waals surface area contributed by atoms with Crippen molar-refractivity contribution in [3.05, 3.63) is 65.7 Å². The van der Waals surface area contributed by atoms with Gasteiger partial charge in [-0.15, -0.1) is 0 Å². The Morgan fingerprint density at radius 1 is 0.895 bits per heavy atom. The van der Waals surface area contributed by atoms with E-state index in [0.29, 0.717) is 5.92 Å². The van der Waals surface area contributed by atoms with Crippen LogP contribution in [0.3, 0.4) is 0 Å². The minimum absolute atomic E-state index is 0.359. The van der Waals surface area contributed by atoms with Crippen molar-refractivity contribution in [1.29, 1.82) is 0 Å². The van der Waals surface area contributed by atoms with Gasteiger partial charge in [-0.1, -0.05) is 37.3 Å². The molecule has 0 aliphatic rings. The lowest BCUT2D eigenvalue weighted by atomic mass is 9.96. The van der Waals surface area contributed by atoms with Gasteiger partial charge in [0.15, 0.2) is 0 Å². The lowest BCUT2D eigenvalue weighted by molar-refractivity contribution is 0.968. The summed E-state index contributed by atoms with van der Waals surface area (Å²) in [6.07, 6.45) is 2.26. The molecule has 0 saturated carbocycles. The first kappa shape index (κ1) is 13.2. The van der Waals surface area contributed by atoms with E-state index in [2.05, 4.69) is 44.2 Å². The predicted molar refractivity (Wildman–Crippen MR) is 83.8 cm³/mol. The van der Waals surface area contributed by atoms with Gasteiger partial charge in [0.2, 0.25) is 0 Å². The average molecular weight is 252 g/mol. The maximum atomic E-state index is 5.71. The van der Waals surface area contributed by atoms with Gasteiger partial charge in [-0.25, -0.2) is 0 Å². The van der Waals surface area contributed by atoms with Crippen LogP contribution < -0.4 is 11.5 Å². The first-order chi connectivity index (χ1) is 9.06. The lowest BCUT2D eigenvalue weighted by Crippen LogP contribution is -1.92. The summed E-state index contributed by atoms with van der Waals surface area (Å²) in [5.41, 5.74) is 16.7. The van der Waals surface area contributed by atoms with Gasteiger partial charge in [0.05, 0.1) is 0 Å². The lowest BCUT2D eigenvalue weighted by Gasteiger charge is -2.10. The monoisotopic (exact) mass is 252 g/mol. The standard InChI is InChI=1S/C17H20N2/c1-12(14-3-7-16(18)8-4-14)11-13(2)15-5-9-17(19)10-6-15/h3-12H,18-19H2,1-2H3. The Morgan fingerprint density at radius 2 is 1.37 bits per heavy atom. The van der Waals surface area contributed by atoms with Crippen molar-refractivity contribution < 1.29 is 0 Å². The van der Waals surface area contributed by atoms with Gasteiger partial charge in [-0.05, 0) is 53.8 Å². The molecule has 2 aromatic carbocycles. The fourth-order valence-electron chi connectivity index (χ4n) is 2.11. The smallest absolute Gasteiger partial charge is 0.0314 e. The van der Waals surface area contributed by atoms with Gasteiger partial charge < -0.3 is 11.5 Å². The molecule has 1 unspecified atom stereocenters. The van der Waals surface area contributed by atoms with E-state index in [1.165, 1.54) is 16.7 Å². The summed E-state index contributed by atoms with van der Waals surface area (Å²) in [6, 6.07) is 16.0. The van der Waals surface area contributed by atoms with Crippen molar-refractivity contribution >= 4 is 16.9 Å². The molecule has 0 saturated heterocycles. The molecule has 0 aliphatic heterocycles. The van der Waals surface area contributed by atoms with Crippen molar-refractivity contribution in [2.24, 2.45) is 0 Å². The molecule has 98 valence electrons. The molecule has 1 atom stereocenters. The summed E-state index contributed by atoms with van der Waals surface area (Å²) < 4.78 is 0. The number of benzene rings is 2. The third kappa shape index (κ3) is 3.38. The zero-order valence-electron chi connectivity index (χ0n) is 11.4. The largest absolute Gasteiger partial charge is 0.399 e. The summed E-state index contributed by atoms with van der Waals surface area (Å²) in [5.74, 6) is 0.359. The van der Waals surface area contributed by atoms with Crippen molar-refractivity contribution in [2.75, 3.05) is 11.5 Å². The second-order valence-corrected chi connectivity index (χ2v) is 4.93. The Balaban J connectivity index is 2.20. The molecule has 2 rings (SSSR count). The van der Waals surface area contributed by atoms with E-state index >= 15 is 0 Å². The van der Waals surface area contributed by atoms with Crippen molar-refractivity contribution in [2.45, 2.75) is 19.8 Å². The van der Waals surface area contributed by atoms with Crippen LogP contribution in [0.5, 0.6) is 0 Å². The Bertz CT molecular complexity index is 565. The topological polar surface area (TPSA) is 52.0 Å². The molecule has 0 heterocycles. The number of hydrogen-bond acceptors (Lipinski definition) is 2. The van der Waals surface area contributed by atoms with Crippen molar-refractivity contribution in [3.8, 4) is 0 Å². The van der Waals surface area contributed by atoms with Gasteiger partial charge in [-0.2, -0.15) is 0 Å². The maximum Gasteiger partial charge on any atom is 0.0314 e. The van der Waals surface area contributed by atoms with Gasteiger partial charge in [0, 0.05) is 11.4 Å². The molecule has 19 heavy (non-hydrogen) atoms. The van der Waals surface area contributed by atoms with Gasteiger partial charge >= 0.3 is 0 Å². The van der Waals surface area contributed by atoms with Crippen molar-refractivity contribution in [1.82, 2.24) is 0 Å². The van der Waals surface area contributed by atoms with E-state index in [4.69, 9.17) is 11.5 Å². The zero-order chi connectivity index (χ0) is 13.8. The first-order valence-electron chi connectivity index (χ1n) is 6.46. The second-order valence-electron chi connectivity index (χ2n) is 4.93. The van der Waals surface area contributed by atoms with Crippen LogP contribution in [0.15, 0.2) is 54.6 Å². The zero-order valence-corrected chi connectivity index (χ0v) is 11.4. The third-order valence-electron chi connectivity index (χ3n) is 3.33. The summed E-state index contributed by atoms with van der Waals surface area (Å²) >= 11 is 0. The van der Waals surface area contributed by atoms with Crippen molar-refractivity contribution in [3.63, 3.8) is 0 Å². The average Bonchev–Trinajstić information content (AvgIpc) is 2.40. The highest BCUT2D eigenvalue weighted by molar-refractivity contribution is 5.66. The molecule has 2 heteroatoms. The van der Waals surface area contributed by atoms with Crippen LogP contribution in [0.2, 0.25) is 0 Å². The number of hydrogen-bond donors (Lipinski definition) is 2. The highest BCUT2D eigenvalue weighted by Crippen LogP contribution is 2.23. The minimum atomic E-state index is 0.359. The van der Waals surface area contributed by atoms with Gasteiger partial charge in [0.1, 0.15) is 0 Å². The molecule has 0 radical (unpaired) electrons. The molecule has 4 N–H and O–H groups in total. The Kier molecular flexibility index (Phi) is 3.91. The van der Waals surface area contributed by atoms with E-state index in [9.17, 15) is 0 Å². The molecule has 0 fully saturated rings. The van der Waals surface area contributed by atoms with E-state index in [1.54, 1.807) is 0 Å². The van der Waals surface area contributed by atoms with Crippen LogP contribution in [0, 0.1) is 0 Å². The Morgan fingerprint density at radius 3 is 1.89 bits per heavy atom. The van der Waals surface area contributed by atoms with Gasteiger partial charge in [0.25, 0.3) is 0 Å². The van der Waals surface area contributed by atoms with E-state index < -0.39 is 0 Å².